The lowest BCUT2D eigenvalue weighted by Gasteiger charge is -2.31. The Morgan fingerprint density at radius 1 is 0.885 bits per heavy atom. The van der Waals surface area contributed by atoms with Crippen LogP contribution in [0.15, 0.2) is 48.5 Å². The van der Waals surface area contributed by atoms with Gasteiger partial charge in [0.2, 0.25) is 6.79 Å². The second kappa shape index (κ2) is 9.06. The second-order valence-corrected chi connectivity index (χ2v) is 7.33. The minimum atomic E-state index is -0.264. The SMILES string of the molecule is Cc1ccc(OCOc2ccc(C(OO)C3CCC(C)CC3)cc2)cc1. The highest BCUT2D eigenvalue weighted by atomic mass is 17.1. The van der Waals surface area contributed by atoms with E-state index in [0.717, 1.165) is 35.8 Å². The molecule has 0 bridgehead atoms. The third-order valence-corrected chi connectivity index (χ3v) is 5.28. The Kier molecular flexibility index (Phi) is 6.53. The van der Waals surface area contributed by atoms with Crippen LogP contribution in [0.2, 0.25) is 0 Å². The summed E-state index contributed by atoms with van der Waals surface area (Å²) in [5.74, 6) is 2.66. The molecule has 1 aliphatic rings. The molecule has 0 saturated heterocycles. The Labute approximate surface area is 155 Å². The number of ether oxygens (including phenoxy) is 2. The monoisotopic (exact) mass is 356 g/mol. The van der Waals surface area contributed by atoms with Gasteiger partial charge in [0, 0.05) is 0 Å². The van der Waals surface area contributed by atoms with E-state index in [2.05, 4.69) is 6.92 Å². The first-order valence-electron chi connectivity index (χ1n) is 9.38. The first-order chi connectivity index (χ1) is 12.7. The van der Waals surface area contributed by atoms with Crippen molar-refractivity contribution in [2.75, 3.05) is 6.79 Å². The van der Waals surface area contributed by atoms with E-state index in [-0.39, 0.29) is 12.9 Å². The topological polar surface area (TPSA) is 47.9 Å². The van der Waals surface area contributed by atoms with Gasteiger partial charge in [-0.3, -0.25) is 5.26 Å². The number of hydrogen-bond acceptors (Lipinski definition) is 4. The summed E-state index contributed by atoms with van der Waals surface area (Å²) < 4.78 is 11.2. The largest absolute Gasteiger partial charge is 0.458 e. The fourth-order valence-corrected chi connectivity index (χ4v) is 3.56. The van der Waals surface area contributed by atoms with Crippen LogP contribution >= 0.6 is 0 Å². The van der Waals surface area contributed by atoms with E-state index in [1.54, 1.807) is 0 Å². The van der Waals surface area contributed by atoms with Crippen LogP contribution in [0.3, 0.4) is 0 Å². The molecule has 1 atom stereocenters. The van der Waals surface area contributed by atoms with Gasteiger partial charge in [-0.2, -0.15) is 0 Å². The number of aryl methyl sites for hydroxylation is 1. The van der Waals surface area contributed by atoms with E-state index in [0.29, 0.717) is 5.92 Å². The van der Waals surface area contributed by atoms with E-state index in [9.17, 15) is 5.26 Å². The van der Waals surface area contributed by atoms with Crippen LogP contribution in [-0.2, 0) is 4.89 Å². The summed E-state index contributed by atoms with van der Waals surface area (Å²) in [7, 11) is 0. The summed E-state index contributed by atoms with van der Waals surface area (Å²) in [6, 6.07) is 15.6. The van der Waals surface area contributed by atoms with Crippen LogP contribution in [0.5, 0.6) is 11.5 Å². The lowest BCUT2D eigenvalue weighted by atomic mass is 9.78. The molecule has 0 radical (unpaired) electrons. The fraction of sp³-hybridized carbons (Fsp3) is 0.455. The Bertz CT molecular complexity index is 658. The van der Waals surface area contributed by atoms with Crippen molar-refractivity contribution in [1.29, 1.82) is 0 Å². The average Bonchev–Trinajstić information content (AvgIpc) is 2.67. The van der Waals surface area contributed by atoms with Crippen molar-refractivity contribution >= 4 is 0 Å². The zero-order chi connectivity index (χ0) is 18.4. The van der Waals surface area contributed by atoms with Crippen molar-refractivity contribution in [3.05, 3.63) is 59.7 Å². The average molecular weight is 356 g/mol. The zero-order valence-electron chi connectivity index (χ0n) is 15.6. The van der Waals surface area contributed by atoms with Gasteiger partial charge < -0.3 is 9.47 Å². The van der Waals surface area contributed by atoms with Gasteiger partial charge in [-0.15, -0.1) is 0 Å². The summed E-state index contributed by atoms with van der Waals surface area (Å²) in [5.41, 5.74) is 2.18. The number of rotatable bonds is 7. The predicted molar refractivity (Wildman–Crippen MR) is 101 cm³/mol. The Morgan fingerprint density at radius 3 is 1.96 bits per heavy atom. The van der Waals surface area contributed by atoms with E-state index in [1.165, 1.54) is 18.4 Å². The highest BCUT2D eigenvalue weighted by Crippen LogP contribution is 2.38. The molecule has 1 N–H and O–H groups in total. The first kappa shape index (κ1) is 18.7. The lowest BCUT2D eigenvalue weighted by Crippen LogP contribution is -2.21. The quantitative estimate of drug-likeness (QED) is 0.389. The minimum absolute atomic E-state index is 0.156. The van der Waals surface area contributed by atoms with E-state index in [1.807, 2.05) is 55.5 Å². The van der Waals surface area contributed by atoms with E-state index >= 15 is 0 Å². The number of hydrogen-bond donors (Lipinski definition) is 1. The van der Waals surface area contributed by atoms with Crippen LogP contribution in [0.25, 0.3) is 0 Å². The molecular weight excluding hydrogens is 328 g/mol. The molecule has 4 nitrogen and oxygen atoms in total. The molecule has 4 heteroatoms. The number of benzene rings is 2. The summed E-state index contributed by atoms with van der Waals surface area (Å²) in [6.07, 6.45) is 4.31. The molecular formula is C22H28O4. The molecule has 1 aliphatic carbocycles. The predicted octanol–water partition coefficient (Wildman–Crippen LogP) is 5.77. The summed E-state index contributed by atoms with van der Waals surface area (Å²) >= 11 is 0. The molecule has 0 amide bonds. The zero-order valence-corrected chi connectivity index (χ0v) is 15.6. The van der Waals surface area contributed by atoms with Crippen molar-refractivity contribution in [2.24, 2.45) is 11.8 Å². The molecule has 0 aliphatic heterocycles. The van der Waals surface area contributed by atoms with Gasteiger partial charge in [0.1, 0.15) is 17.6 Å². The van der Waals surface area contributed by atoms with Crippen molar-refractivity contribution in [2.45, 2.75) is 45.6 Å². The van der Waals surface area contributed by atoms with Gasteiger partial charge in [-0.05, 0) is 61.4 Å². The third-order valence-electron chi connectivity index (χ3n) is 5.28. The van der Waals surface area contributed by atoms with Crippen LogP contribution in [0.4, 0.5) is 0 Å². The molecule has 3 rings (SSSR count). The van der Waals surface area contributed by atoms with Crippen molar-refractivity contribution in [3.63, 3.8) is 0 Å². The molecule has 2 aromatic rings. The lowest BCUT2D eigenvalue weighted by molar-refractivity contribution is -0.296. The summed E-state index contributed by atoms with van der Waals surface area (Å²) in [4.78, 5) is 4.83. The molecule has 1 fully saturated rings. The maximum Gasteiger partial charge on any atom is 0.230 e. The molecule has 26 heavy (non-hydrogen) atoms. The second-order valence-electron chi connectivity index (χ2n) is 7.33. The molecule has 2 aromatic carbocycles. The highest BCUT2D eigenvalue weighted by Gasteiger charge is 2.28. The van der Waals surface area contributed by atoms with Gasteiger partial charge in [-0.1, -0.05) is 49.6 Å². The van der Waals surface area contributed by atoms with Crippen LogP contribution in [0.1, 0.15) is 49.8 Å². The highest BCUT2D eigenvalue weighted by molar-refractivity contribution is 5.29. The van der Waals surface area contributed by atoms with Crippen molar-refractivity contribution in [3.8, 4) is 11.5 Å². The smallest absolute Gasteiger partial charge is 0.230 e. The Balaban J connectivity index is 1.52. The van der Waals surface area contributed by atoms with Crippen molar-refractivity contribution in [1.82, 2.24) is 0 Å². The Morgan fingerprint density at radius 2 is 1.42 bits per heavy atom. The van der Waals surface area contributed by atoms with Gasteiger partial charge in [-0.25, -0.2) is 4.89 Å². The van der Waals surface area contributed by atoms with Crippen molar-refractivity contribution < 1.29 is 19.6 Å². The minimum Gasteiger partial charge on any atom is -0.458 e. The molecule has 0 heterocycles. The van der Waals surface area contributed by atoms with Crippen LogP contribution in [-0.4, -0.2) is 12.1 Å². The standard InChI is InChI=1S/C22H28O4/c1-16-3-7-18(8-4-16)22(26-23)19-9-13-21(14-10-19)25-15-24-20-11-5-17(2)6-12-20/h5-6,9-14,16,18,22-23H,3-4,7-8,15H2,1-2H3. The first-order valence-corrected chi connectivity index (χ1v) is 9.38. The van der Waals surface area contributed by atoms with E-state index in [4.69, 9.17) is 14.4 Å². The van der Waals surface area contributed by atoms with Gasteiger partial charge in [0.15, 0.2) is 0 Å². The third kappa shape index (κ3) is 4.99. The van der Waals surface area contributed by atoms with Gasteiger partial charge >= 0.3 is 0 Å². The summed E-state index contributed by atoms with van der Waals surface area (Å²) in [5, 5.41) is 9.40. The summed E-state index contributed by atoms with van der Waals surface area (Å²) in [6.45, 7) is 4.48. The fourth-order valence-electron chi connectivity index (χ4n) is 3.56. The van der Waals surface area contributed by atoms with Crippen LogP contribution < -0.4 is 9.47 Å². The van der Waals surface area contributed by atoms with Crippen LogP contribution in [0, 0.1) is 18.8 Å². The molecule has 1 unspecified atom stereocenters. The molecule has 1 saturated carbocycles. The van der Waals surface area contributed by atoms with Gasteiger partial charge in [0.05, 0.1) is 0 Å². The molecule has 140 valence electrons. The molecule has 0 aromatic heterocycles. The Hall–Kier alpha value is -2.04. The maximum absolute atomic E-state index is 9.40. The molecule has 0 spiro atoms. The normalized spacial score (nSPS) is 21.2. The van der Waals surface area contributed by atoms with E-state index < -0.39 is 0 Å². The van der Waals surface area contributed by atoms with Gasteiger partial charge in [0.25, 0.3) is 0 Å². The maximum atomic E-state index is 9.40.